The van der Waals surface area contributed by atoms with Crippen LogP contribution in [-0.2, 0) is 31.2 Å². The van der Waals surface area contributed by atoms with Crippen LogP contribution in [-0.4, -0.2) is 46.5 Å². The van der Waals surface area contributed by atoms with E-state index in [4.69, 9.17) is 9.47 Å². The highest BCUT2D eigenvalue weighted by molar-refractivity contribution is 6.10. The number of para-hydroxylation sites is 1. The lowest BCUT2D eigenvalue weighted by molar-refractivity contribution is -0.166. The molecule has 3 N–H and O–H groups in total. The largest absolute Gasteiger partial charge is 0.508 e. The maximum Gasteiger partial charge on any atom is 0.307 e. The van der Waals surface area contributed by atoms with Crippen LogP contribution in [0.1, 0.15) is 23.5 Å². The first-order chi connectivity index (χ1) is 15.0. The number of aromatic nitrogens is 1. The SMILES string of the molecule is COCn1cc(C2C(CO)OC(=O)CC23C(=O)Nc2cc(O)ccc23)c2ccccc21. The first kappa shape index (κ1) is 19.6. The molecule has 0 radical (unpaired) electrons. The molecule has 8 nitrogen and oxygen atoms in total. The van der Waals surface area contributed by atoms with Gasteiger partial charge in [0.2, 0.25) is 5.91 Å². The van der Waals surface area contributed by atoms with Gasteiger partial charge in [0.05, 0.1) is 24.0 Å². The Hall–Kier alpha value is -3.36. The van der Waals surface area contributed by atoms with Crippen LogP contribution >= 0.6 is 0 Å². The van der Waals surface area contributed by atoms with Crippen molar-refractivity contribution in [1.29, 1.82) is 0 Å². The van der Waals surface area contributed by atoms with Crippen LogP contribution < -0.4 is 5.32 Å². The van der Waals surface area contributed by atoms with Crippen LogP contribution in [0, 0.1) is 0 Å². The number of hydrogen-bond acceptors (Lipinski definition) is 6. The average molecular weight is 422 g/mol. The highest BCUT2D eigenvalue weighted by atomic mass is 16.6. The molecule has 3 heterocycles. The fourth-order valence-corrected chi connectivity index (χ4v) is 5.18. The zero-order valence-electron chi connectivity index (χ0n) is 16.9. The number of phenolic OH excluding ortho intramolecular Hbond substituents is 1. The van der Waals surface area contributed by atoms with E-state index in [9.17, 15) is 19.8 Å². The number of methoxy groups -OCH3 is 1. The highest BCUT2D eigenvalue weighted by Crippen LogP contribution is 2.55. The van der Waals surface area contributed by atoms with Crippen LogP contribution in [0.3, 0.4) is 0 Å². The third kappa shape index (κ3) is 2.75. The Morgan fingerprint density at radius 3 is 2.84 bits per heavy atom. The molecule has 0 bridgehead atoms. The van der Waals surface area contributed by atoms with Crippen molar-refractivity contribution in [2.45, 2.75) is 30.6 Å². The number of nitrogens with one attached hydrogen (secondary N) is 1. The van der Waals surface area contributed by atoms with E-state index in [2.05, 4.69) is 5.32 Å². The number of carbonyl (C=O) groups excluding carboxylic acids is 2. The van der Waals surface area contributed by atoms with Crippen molar-refractivity contribution in [1.82, 2.24) is 4.57 Å². The molecule has 31 heavy (non-hydrogen) atoms. The molecule has 0 aliphatic carbocycles. The van der Waals surface area contributed by atoms with E-state index in [0.717, 1.165) is 16.5 Å². The second kappa shape index (κ2) is 7.11. The van der Waals surface area contributed by atoms with Crippen molar-refractivity contribution in [2.24, 2.45) is 0 Å². The molecule has 1 fully saturated rings. The van der Waals surface area contributed by atoms with Crippen molar-refractivity contribution in [3.05, 3.63) is 59.8 Å². The van der Waals surface area contributed by atoms with E-state index in [0.29, 0.717) is 18.0 Å². The summed E-state index contributed by atoms with van der Waals surface area (Å²) in [7, 11) is 1.60. The number of aromatic hydroxyl groups is 1. The second-order valence-corrected chi connectivity index (χ2v) is 8.01. The number of benzene rings is 2. The summed E-state index contributed by atoms with van der Waals surface area (Å²) >= 11 is 0. The Bertz CT molecular complexity index is 1200. The minimum absolute atomic E-state index is 0.0152. The van der Waals surface area contributed by atoms with Crippen molar-refractivity contribution >= 4 is 28.5 Å². The van der Waals surface area contributed by atoms with Crippen LogP contribution in [0.2, 0.25) is 0 Å². The van der Waals surface area contributed by atoms with Gasteiger partial charge in [-0.15, -0.1) is 0 Å². The van der Waals surface area contributed by atoms with Gasteiger partial charge in [0, 0.05) is 36.4 Å². The first-order valence-electron chi connectivity index (χ1n) is 10.0. The van der Waals surface area contributed by atoms with E-state index in [-0.39, 0.29) is 18.1 Å². The highest BCUT2D eigenvalue weighted by Gasteiger charge is 2.60. The van der Waals surface area contributed by atoms with Crippen molar-refractivity contribution < 1.29 is 29.3 Å². The molecular formula is C23H22N2O6. The molecule has 5 rings (SSSR count). The van der Waals surface area contributed by atoms with Crippen LogP contribution in [0.4, 0.5) is 5.69 Å². The summed E-state index contributed by atoms with van der Waals surface area (Å²) in [5, 5.41) is 23.8. The molecule has 1 amide bonds. The monoisotopic (exact) mass is 422 g/mol. The maximum absolute atomic E-state index is 13.5. The number of ether oxygens (including phenoxy) is 2. The molecule has 1 saturated heterocycles. The normalized spacial score (nSPS) is 25.0. The predicted octanol–water partition coefficient (Wildman–Crippen LogP) is 2.23. The zero-order chi connectivity index (χ0) is 21.8. The summed E-state index contributed by atoms with van der Waals surface area (Å²) in [5.41, 5.74) is 1.50. The number of aliphatic hydroxyl groups excluding tert-OH is 1. The number of phenols is 1. The van der Waals surface area contributed by atoms with E-state index in [1.54, 1.807) is 13.2 Å². The Morgan fingerprint density at radius 2 is 2.06 bits per heavy atom. The summed E-state index contributed by atoms with van der Waals surface area (Å²) in [6, 6.07) is 12.4. The molecule has 0 saturated carbocycles. The number of anilines is 1. The van der Waals surface area contributed by atoms with Crippen molar-refractivity contribution in [3.63, 3.8) is 0 Å². The summed E-state index contributed by atoms with van der Waals surface area (Å²) in [6.45, 7) is -0.122. The third-order valence-corrected chi connectivity index (χ3v) is 6.35. The first-order valence-corrected chi connectivity index (χ1v) is 10.0. The summed E-state index contributed by atoms with van der Waals surface area (Å²) in [5.74, 6) is -1.52. The average Bonchev–Trinajstić information content (AvgIpc) is 3.23. The molecule has 1 spiro atoms. The predicted molar refractivity (Wildman–Crippen MR) is 112 cm³/mol. The number of fused-ring (bicyclic) bond motifs is 3. The molecule has 2 aliphatic heterocycles. The molecular weight excluding hydrogens is 400 g/mol. The fraction of sp³-hybridized carbons (Fsp3) is 0.304. The fourth-order valence-electron chi connectivity index (χ4n) is 5.18. The number of hydrogen-bond donors (Lipinski definition) is 3. The lowest BCUT2D eigenvalue weighted by Crippen LogP contribution is -2.53. The Kier molecular flexibility index (Phi) is 4.49. The zero-order valence-corrected chi connectivity index (χ0v) is 16.9. The molecule has 2 aliphatic rings. The molecule has 3 atom stereocenters. The molecule has 3 unspecified atom stereocenters. The number of esters is 1. The van der Waals surface area contributed by atoms with Gasteiger partial charge in [0.15, 0.2) is 0 Å². The van der Waals surface area contributed by atoms with E-state index >= 15 is 0 Å². The minimum atomic E-state index is -1.27. The van der Waals surface area contributed by atoms with E-state index in [1.165, 1.54) is 12.1 Å². The van der Waals surface area contributed by atoms with Gasteiger partial charge in [0.25, 0.3) is 0 Å². The van der Waals surface area contributed by atoms with Crippen molar-refractivity contribution in [2.75, 3.05) is 19.0 Å². The van der Waals surface area contributed by atoms with Crippen molar-refractivity contribution in [3.8, 4) is 5.75 Å². The van der Waals surface area contributed by atoms with Crippen LogP contribution in [0.25, 0.3) is 10.9 Å². The molecule has 2 aromatic carbocycles. The Labute approximate surface area is 178 Å². The smallest absolute Gasteiger partial charge is 0.307 e. The molecule has 8 heteroatoms. The molecule has 1 aromatic heterocycles. The number of amides is 1. The van der Waals surface area contributed by atoms with Gasteiger partial charge >= 0.3 is 5.97 Å². The summed E-state index contributed by atoms with van der Waals surface area (Å²) in [6.07, 6.45) is 0.823. The van der Waals surface area contributed by atoms with Gasteiger partial charge in [0.1, 0.15) is 18.6 Å². The number of nitrogens with zero attached hydrogens (tertiary/aromatic N) is 1. The van der Waals surface area contributed by atoms with Gasteiger partial charge in [-0.05, 0) is 23.3 Å². The third-order valence-electron chi connectivity index (χ3n) is 6.35. The van der Waals surface area contributed by atoms with E-state index < -0.39 is 30.0 Å². The van der Waals surface area contributed by atoms with Crippen LogP contribution in [0.5, 0.6) is 5.75 Å². The van der Waals surface area contributed by atoms with Crippen LogP contribution in [0.15, 0.2) is 48.7 Å². The lowest BCUT2D eigenvalue weighted by atomic mass is 9.63. The number of rotatable bonds is 4. The van der Waals surface area contributed by atoms with Gasteiger partial charge in [-0.3, -0.25) is 9.59 Å². The number of aliphatic hydroxyl groups is 1. The summed E-state index contributed by atoms with van der Waals surface area (Å²) in [4.78, 5) is 26.0. The molecule has 160 valence electrons. The molecule has 3 aromatic rings. The Balaban J connectivity index is 1.79. The quantitative estimate of drug-likeness (QED) is 0.556. The number of carbonyl (C=O) groups is 2. The van der Waals surface area contributed by atoms with Gasteiger partial charge in [-0.1, -0.05) is 24.3 Å². The maximum atomic E-state index is 13.5. The standard InChI is InChI=1S/C23H22N2O6/c1-30-12-25-10-15(14-4-2-3-5-18(14)25)21-19(11-26)31-20(28)9-23(21)16-7-6-13(27)8-17(16)24-22(23)29/h2-8,10,19,21,26-27H,9,11-12H2,1H3,(H,24,29). The number of cyclic esters (lactones) is 1. The summed E-state index contributed by atoms with van der Waals surface area (Å²) < 4.78 is 12.8. The van der Waals surface area contributed by atoms with Gasteiger partial charge < -0.3 is 29.6 Å². The van der Waals surface area contributed by atoms with E-state index in [1.807, 2.05) is 35.0 Å². The minimum Gasteiger partial charge on any atom is -0.508 e. The van der Waals surface area contributed by atoms with Gasteiger partial charge in [-0.25, -0.2) is 0 Å². The lowest BCUT2D eigenvalue weighted by Gasteiger charge is -2.43. The second-order valence-electron chi connectivity index (χ2n) is 8.01. The Morgan fingerprint density at radius 1 is 1.26 bits per heavy atom. The van der Waals surface area contributed by atoms with Gasteiger partial charge in [-0.2, -0.15) is 0 Å². The topological polar surface area (TPSA) is 110 Å².